The van der Waals surface area contributed by atoms with Crippen molar-refractivity contribution < 1.29 is 9.53 Å². The van der Waals surface area contributed by atoms with Gasteiger partial charge in [-0.15, -0.1) is 5.73 Å². The zero-order valence-electron chi connectivity index (χ0n) is 11.5. The van der Waals surface area contributed by atoms with E-state index >= 15 is 0 Å². The van der Waals surface area contributed by atoms with Gasteiger partial charge in [0.05, 0.1) is 19.4 Å². The first-order valence-corrected chi connectivity index (χ1v) is 6.49. The van der Waals surface area contributed by atoms with Crippen LogP contribution in [0.15, 0.2) is 42.3 Å². The van der Waals surface area contributed by atoms with Gasteiger partial charge >= 0.3 is 0 Å². The van der Waals surface area contributed by atoms with Crippen molar-refractivity contribution in [2.24, 2.45) is 5.92 Å². The molecule has 1 aliphatic heterocycles. The first kappa shape index (κ1) is 13.4. The van der Waals surface area contributed by atoms with E-state index in [9.17, 15) is 4.79 Å². The maximum Gasteiger partial charge on any atom is 0.227 e. The van der Waals surface area contributed by atoms with Crippen molar-refractivity contribution in [2.45, 2.75) is 26.3 Å². The first-order chi connectivity index (χ1) is 9.15. The predicted octanol–water partition coefficient (Wildman–Crippen LogP) is 3.12. The average Bonchev–Trinajstić information content (AvgIpc) is 2.44. The van der Waals surface area contributed by atoms with Gasteiger partial charge in [-0.3, -0.25) is 4.79 Å². The van der Waals surface area contributed by atoms with Crippen molar-refractivity contribution in [3.05, 3.63) is 47.8 Å². The van der Waals surface area contributed by atoms with E-state index in [4.69, 9.17) is 4.74 Å². The highest BCUT2D eigenvalue weighted by molar-refractivity contribution is 5.79. The van der Waals surface area contributed by atoms with Crippen LogP contribution in [0.25, 0.3) is 0 Å². The molecule has 0 spiro atoms. The number of amides is 1. The summed E-state index contributed by atoms with van der Waals surface area (Å²) in [6, 6.07) is 7.77. The summed E-state index contributed by atoms with van der Waals surface area (Å²) in [6.07, 6.45) is 1.48. The molecule has 1 aromatic carbocycles. The quantitative estimate of drug-likeness (QED) is 0.779. The Morgan fingerprint density at radius 3 is 2.68 bits per heavy atom. The Hall–Kier alpha value is -1.99. The van der Waals surface area contributed by atoms with E-state index < -0.39 is 0 Å². The minimum absolute atomic E-state index is 0.153. The van der Waals surface area contributed by atoms with Crippen molar-refractivity contribution in [2.75, 3.05) is 7.11 Å². The number of methoxy groups -OCH3 is 1. The molecule has 1 amide bonds. The summed E-state index contributed by atoms with van der Waals surface area (Å²) in [5.41, 5.74) is 4.91. The highest BCUT2D eigenvalue weighted by atomic mass is 16.5. The number of likely N-dealkylation sites (tertiary alicyclic amines) is 1. The van der Waals surface area contributed by atoms with Gasteiger partial charge in [-0.2, -0.15) is 0 Å². The number of hydrogen-bond donors (Lipinski definition) is 0. The van der Waals surface area contributed by atoms with Gasteiger partial charge in [0.1, 0.15) is 5.75 Å². The van der Waals surface area contributed by atoms with Crippen molar-refractivity contribution in [3.63, 3.8) is 0 Å². The SMILES string of the molecule is C=C=C1C(C)CCC(=O)N1Cc1ccc(OC)cc1. The molecular formula is C16H19NO2. The van der Waals surface area contributed by atoms with E-state index in [0.29, 0.717) is 18.9 Å². The number of carbonyl (C=O) groups excluding carboxylic acids is 1. The second kappa shape index (κ2) is 5.77. The van der Waals surface area contributed by atoms with Crippen LogP contribution in [0.5, 0.6) is 5.75 Å². The maximum atomic E-state index is 12.0. The molecule has 100 valence electrons. The third-order valence-corrected chi connectivity index (χ3v) is 3.53. The molecule has 1 aliphatic rings. The summed E-state index contributed by atoms with van der Waals surface area (Å²) in [5.74, 6) is 1.31. The standard InChI is InChI=1S/C16H19NO2/c1-4-15-12(2)5-10-16(18)17(15)11-13-6-8-14(19-3)9-7-13/h6-9,12H,1,5,10-11H2,2-3H3. The number of piperidine rings is 1. The Balaban J connectivity index is 2.19. The number of hydrogen-bond acceptors (Lipinski definition) is 2. The molecule has 0 saturated carbocycles. The number of allylic oxidation sites excluding steroid dienone is 1. The minimum atomic E-state index is 0.153. The van der Waals surface area contributed by atoms with E-state index in [-0.39, 0.29) is 5.91 Å². The molecule has 1 heterocycles. The largest absolute Gasteiger partial charge is 0.497 e. The van der Waals surface area contributed by atoms with Crippen LogP contribution in [-0.4, -0.2) is 17.9 Å². The minimum Gasteiger partial charge on any atom is -0.497 e. The smallest absolute Gasteiger partial charge is 0.227 e. The molecule has 1 atom stereocenters. The van der Waals surface area contributed by atoms with Crippen LogP contribution in [-0.2, 0) is 11.3 Å². The fourth-order valence-electron chi connectivity index (χ4n) is 2.37. The molecule has 19 heavy (non-hydrogen) atoms. The summed E-state index contributed by atoms with van der Waals surface area (Å²) in [5, 5.41) is 0. The summed E-state index contributed by atoms with van der Waals surface area (Å²) >= 11 is 0. The fourth-order valence-corrected chi connectivity index (χ4v) is 2.37. The van der Waals surface area contributed by atoms with Crippen molar-refractivity contribution in [1.82, 2.24) is 4.90 Å². The molecule has 1 fully saturated rings. The fraction of sp³-hybridized carbons (Fsp3) is 0.375. The molecule has 0 aliphatic carbocycles. The summed E-state index contributed by atoms with van der Waals surface area (Å²) in [7, 11) is 1.64. The second-order valence-corrected chi connectivity index (χ2v) is 4.83. The van der Waals surface area contributed by atoms with Crippen molar-refractivity contribution >= 4 is 5.91 Å². The van der Waals surface area contributed by atoms with Crippen LogP contribution in [0.2, 0.25) is 0 Å². The monoisotopic (exact) mass is 257 g/mol. The van der Waals surface area contributed by atoms with E-state index in [2.05, 4.69) is 19.2 Å². The summed E-state index contributed by atoms with van der Waals surface area (Å²) in [4.78, 5) is 13.8. The lowest BCUT2D eigenvalue weighted by atomic mass is 9.95. The predicted molar refractivity (Wildman–Crippen MR) is 74.6 cm³/mol. The lowest BCUT2D eigenvalue weighted by molar-refractivity contribution is -0.132. The van der Waals surface area contributed by atoms with Gasteiger partial charge in [-0.05, 0) is 24.1 Å². The Morgan fingerprint density at radius 2 is 2.11 bits per heavy atom. The molecule has 0 aromatic heterocycles. The lowest BCUT2D eigenvalue weighted by Gasteiger charge is -2.32. The number of rotatable bonds is 3. The van der Waals surface area contributed by atoms with Gasteiger partial charge < -0.3 is 9.64 Å². The van der Waals surface area contributed by atoms with Gasteiger partial charge in [-0.25, -0.2) is 0 Å². The molecule has 3 nitrogen and oxygen atoms in total. The molecule has 2 rings (SSSR count). The first-order valence-electron chi connectivity index (χ1n) is 6.49. The maximum absolute atomic E-state index is 12.0. The van der Waals surface area contributed by atoms with Crippen LogP contribution in [0.1, 0.15) is 25.3 Å². The Kier molecular flexibility index (Phi) is 4.08. The molecule has 1 saturated heterocycles. The summed E-state index contributed by atoms with van der Waals surface area (Å²) < 4.78 is 5.13. The van der Waals surface area contributed by atoms with Gasteiger partial charge in [0.15, 0.2) is 0 Å². The molecule has 0 radical (unpaired) electrons. The van der Waals surface area contributed by atoms with Crippen LogP contribution in [0.4, 0.5) is 0 Å². The number of ether oxygens (including phenoxy) is 1. The Bertz CT molecular complexity index is 512. The normalized spacial score (nSPS) is 19.3. The van der Waals surface area contributed by atoms with Crippen LogP contribution in [0.3, 0.4) is 0 Å². The number of carbonyl (C=O) groups is 1. The van der Waals surface area contributed by atoms with Crippen LogP contribution >= 0.6 is 0 Å². The van der Waals surface area contributed by atoms with Gasteiger partial charge in [0.25, 0.3) is 0 Å². The Labute approximate surface area is 114 Å². The van der Waals surface area contributed by atoms with Crippen LogP contribution < -0.4 is 4.74 Å². The van der Waals surface area contributed by atoms with E-state index in [1.165, 1.54) is 0 Å². The summed E-state index contributed by atoms with van der Waals surface area (Å²) in [6.45, 7) is 6.40. The lowest BCUT2D eigenvalue weighted by Crippen LogP contribution is -2.36. The third kappa shape index (κ3) is 2.88. The zero-order chi connectivity index (χ0) is 13.8. The van der Waals surface area contributed by atoms with Gasteiger partial charge in [-0.1, -0.05) is 25.6 Å². The van der Waals surface area contributed by atoms with E-state index in [1.54, 1.807) is 12.0 Å². The average molecular weight is 257 g/mol. The highest BCUT2D eigenvalue weighted by Crippen LogP contribution is 2.28. The molecular weight excluding hydrogens is 238 g/mol. The molecule has 3 heteroatoms. The second-order valence-electron chi connectivity index (χ2n) is 4.83. The molecule has 0 bridgehead atoms. The highest BCUT2D eigenvalue weighted by Gasteiger charge is 2.27. The number of nitrogens with zero attached hydrogens (tertiary/aromatic N) is 1. The molecule has 1 aromatic rings. The van der Waals surface area contributed by atoms with Crippen LogP contribution in [0, 0.1) is 5.92 Å². The van der Waals surface area contributed by atoms with Gasteiger partial charge in [0, 0.05) is 12.3 Å². The van der Waals surface area contributed by atoms with Gasteiger partial charge in [0.2, 0.25) is 5.91 Å². The Morgan fingerprint density at radius 1 is 1.42 bits per heavy atom. The van der Waals surface area contributed by atoms with Crippen molar-refractivity contribution in [1.29, 1.82) is 0 Å². The molecule has 1 unspecified atom stereocenters. The van der Waals surface area contributed by atoms with E-state index in [0.717, 1.165) is 23.4 Å². The topological polar surface area (TPSA) is 29.5 Å². The van der Waals surface area contributed by atoms with E-state index in [1.807, 2.05) is 24.3 Å². The molecule has 0 N–H and O–H groups in total. The zero-order valence-corrected chi connectivity index (χ0v) is 11.5. The third-order valence-electron chi connectivity index (χ3n) is 3.53. The number of benzene rings is 1. The van der Waals surface area contributed by atoms with Crippen molar-refractivity contribution in [3.8, 4) is 5.75 Å².